The van der Waals surface area contributed by atoms with Crippen LogP contribution < -0.4 is 0 Å². The Hall–Kier alpha value is 2.68. The molecule has 0 heterocycles. The van der Waals surface area contributed by atoms with E-state index >= 15 is 0 Å². The van der Waals surface area contributed by atoms with Crippen LogP contribution >= 0.6 is 0 Å². The van der Waals surface area contributed by atoms with Crippen LogP contribution in [0.1, 0.15) is 151 Å². The third-order valence-electron chi connectivity index (χ3n) is 12.1. The van der Waals surface area contributed by atoms with Gasteiger partial charge in [0, 0.05) is 80.8 Å². The van der Waals surface area contributed by atoms with E-state index in [4.69, 9.17) is 0 Å². The van der Waals surface area contributed by atoms with Crippen molar-refractivity contribution < 1.29 is 80.8 Å². The van der Waals surface area contributed by atoms with Crippen molar-refractivity contribution in [1.29, 1.82) is 0 Å². The molecular weight excluding hydrogens is 877 g/mol. The van der Waals surface area contributed by atoms with E-state index < -0.39 is 0 Å². The summed E-state index contributed by atoms with van der Waals surface area (Å²) < 4.78 is 0. The summed E-state index contributed by atoms with van der Waals surface area (Å²) in [7, 11) is 0. The third kappa shape index (κ3) is 16.3. The van der Waals surface area contributed by atoms with Gasteiger partial charge in [0.05, 0.1) is 0 Å². The van der Waals surface area contributed by atoms with E-state index in [1.165, 1.54) is 118 Å². The van der Waals surface area contributed by atoms with Crippen molar-refractivity contribution in [3.8, 4) is 0 Å². The van der Waals surface area contributed by atoms with Crippen LogP contribution in [-0.4, -0.2) is 0 Å². The first kappa shape index (κ1) is 57.0. The largest absolute Gasteiger partial charge is 0.0579 e. The molecule has 0 nitrogen and oxygen atoms in total. The van der Waals surface area contributed by atoms with Crippen molar-refractivity contribution >= 4 is 0 Å². The van der Waals surface area contributed by atoms with Crippen LogP contribution in [-0.2, 0) is 0 Å². The molecule has 0 saturated heterocycles. The molecule has 0 spiro atoms. The molecule has 26 radical (unpaired) electrons. The topological polar surface area (TPSA) is 0 Å². The molecule has 0 unspecified atom stereocenters. The summed E-state index contributed by atoms with van der Waals surface area (Å²) >= 11 is 0. The average Bonchev–Trinajstić information content (AvgIpc) is 3.51. The van der Waals surface area contributed by atoms with E-state index in [1.54, 1.807) is 0 Å². The molecule has 2 heteroatoms. The van der Waals surface area contributed by atoms with Gasteiger partial charge in [0.25, 0.3) is 0 Å². The molecule has 276 valence electrons. The molecule has 50 heavy (non-hydrogen) atoms. The molecule has 0 aromatic rings. The third-order valence-corrected chi connectivity index (χ3v) is 12.1. The van der Waals surface area contributed by atoms with E-state index in [9.17, 15) is 0 Å². The van der Waals surface area contributed by atoms with Gasteiger partial charge in [0.1, 0.15) is 0 Å². The SMILES string of the molecule is C[C]1[C](C)[C](C)[C](C)[C]1C.C[C]1[C](C)[C](C)[C](C)[C]1C.C[C]1[C](C)[C](C)[C](C)[C]1C.C[C]1[C](C)[C](C)[C](C)[C]1C.[CH2][CH][CH]CC[CH][CH][CH2].[Sm].[Sm]. The van der Waals surface area contributed by atoms with E-state index in [0.717, 1.165) is 12.8 Å². The number of hydrogen-bond donors (Lipinski definition) is 0. The summed E-state index contributed by atoms with van der Waals surface area (Å²) in [4.78, 5) is 0. The molecule has 4 aliphatic carbocycles. The monoisotopic (exact) mass is 952 g/mol. The van der Waals surface area contributed by atoms with Crippen LogP contribution in [0.5, 0.6) is 0 Å². The second kappa shape index (κ2) is 28.1. The number of rotatable bonds is 5. The summed E-state index contributed by atoms with van der Waals surface area (Å²) in [5, 5.41) is 0. The Morgan fingerprint density at radius 2 is 0.320 bits per heavy atom. The van der Waals surface area contributed by atoms with Crippen LogP contribution in [0.15, 0.2) is 0 Å². The van der Waals surface area contributed by atoms with Crippen molar-refractivity contribution in [3.63, 3.8) is 0 Å². The molecule has 0 aromatic carbocycles. The zero-order chi connectivity index (χ0) is 37.8. The van der Waals surface area contributed by atoms with Crippen LogP contribution in [0, 0.1) is 239 Å². The Morgan fingerprint density at radius 3 is 0.380 bits per heavy atom. The fourth-order valence-corrected chi connectivity index (χ4v) is 6.05. The van der Waals surface area contributed by atoms with Crippen molar-refractivity contribution in [2.24, 2.45) is 0 Å². The summed E-state index contributed by atoms with van der Waals surface area (Å²) in [6.07, 6.45) is 9.87. The number of hydrogen-bond acceptors (Lipinski definition) is 0. The fraction of sp³-hybridized carbons (Fsp3) is 0.458. The maximum atomic E-state index is 3.56. The van der Waals surface area contributed by atoms with Gasteiger partial charge in [-0.2, -0.15) is 0 Å². The summed E-state index contributed by atoms with van der Waals surface area (Å²) in [5.41, 5.74) is 0. The van der Waals surface area contributed by atoms with Gasteiger partial charge in [-0.3, -0.25) is 0 Å². The van der Waals surface area contributed by atoms with Gasteiger partial charge < -0.3 is 0 Å². The normalized spacial score (nSPS) is 24.4. The molecule has 0 atom stereocenters. The Bertz CT molecular complexity index is 505. The molecule has 4 saturated carbocycles. The minimum absolute atomic E-state index is 0. The van der Waals surface area contributed by atoms with Crippen molar-refractivity contribution in [2.45, 2.75) is 151 Å². The van der Waals surface area contributed by atoms with Crippen molar-refractivity contribution in [3.05, 3.63) is 158 Å². The minimum atomic E-state index is 0. The quantitative estimate of drug-likeness (QED) is 0.241. The Labute approximate surface area is 385 Å². The summed E-state index contributed by atoms with van der Waals surface area (Å²) in [6, 6.07) is 0. The first-order chi connectivity index (χ1) is 22.1. The standard InChI is InChI=1S/4C10H15.C8H12.2Sm/c4*1-6-7(2)9(4)10(5)8(6)3;1-3-5-7-8-6-4-2;;/h4*1-5H3;3-6H,1-2,7-8H2;;. The van der Waals surface area contributed by atoms with E-state index in [1.807, 2.05) is 25.7 Å². The maximum absolute atomic E-state index is 3.56. The Morgan fingerprint density at radius 1 is 0.240 bits per heavy atom. The molecule has 0 N–H and O–H groups in total. The molecule has 4 aliphatic rings. The summed E-state index contributed by atoms with van der Waals surface area (Å²) in [5.74, 6) is 29.4. The summed E-state index contributed by atoms with van der Waals surface area (Å²) in [6.45, 7) is 51.1. The fourth-order valence-electron chi connectivity index (χ4n) is 6.05. The van der Waals surface area contributed by atoms with Gasteiger partial charge in [-0.05, 0) is 171 Å². The van der Waals surface area contributed by atoms with E-state index in [-0.39, 0.29) is 80.8 Å². The Kier molecular flexibility index (Phi) is 32.1. The molecule has 0 bridgehead atoms. The van der Waals surface area contributed by atoms with Crippen LogP contribution in [0.25, 0.3) is 0 Å². The number of unbranched alkanes of at least 4 members (excludes halogenated alkanes) is 5. The minimum Gasteiger partial charge on any atom is -0.0579 e. The molecule has 0 amide bonds. The molecule has 0 aromatic heterocycles. The first-order valence-corrected chi connectivity index (χ1v) is 17.8. The van der Waals surface area contributed by atoms with Crippen LogP contribution in [0.4, 0.5) is 0 Å². The second-order valence-corrected chi connectivity index (χ2v) is 14.0. The van der Waals surface area contributed by atoms with Crippen LogP contribution in [0.2, 0.25) is 0 Å². The zero-order valence-corrected chi connectivity index (χ0v) is 41.2. The van der Waals surface area contributed by atoms with Gasteiger partial charge in [-0.15, -0.1) is 0 Å². The van der Waals surface area contributed by atoms with Crippen molar-refractivity contribution in [2.75, 3.05) is 0 Å². The van der Waals surface area contributed by atoms with Crippen molar-refractivity contribution in [1.82, 2.24) is 0 Å². The maximum Gasteiger partial charge on any atom is 0 e. The molecule has 0 aliphatic heterocycles. The second-order valence-electron chi connectivity index (χ2n) is 14.0. The van der Waals surface area contributed by atoms with Gasteiger partial charge in [-0.25, -0.2) is 0 Å². The average molecular weight is 950 g/mol. The smallest absolute Gasteiger partial charge is 0 e. The van der Waals surface area contributed by atoms with Gasteiger partial charge >= 0.3 is 0 Å². The van der Waals surface area contributed by atoms with E-state index in [0.29, 0.717) is 0 Å². The molecule has 4 rings (SSSR count). The van der Waals surface area contributed by atoms with Gasteiger partial charge in [-0.1, -0.05) is 138 Å². The molecular formula is C48H72Sm2. The van der Waals surface area contributed by atoms with Gasteiger partial charge in [0.2, 0.25) is 0 Å². The predicted octanol–water partition coefficient (Wildman–Crippen LogP) is 14.1. The Balaban J connectivity index is -0.000000548. The zero-order valence-electron chi connectivity index (χ0n) is 36.0. The van der Waals surface area contributed by atoms with Crippen LogP contribution in [0.3, 0.4) is 0 Å². The van der Waals surface area contributed by atoms with Gasteiger partial charge in [0.15, 0.2) is 0 Å². The molecule has 4 fully saturated rings. The van der Waals surface area contributed by atoms with E-state index in [2.05, 4.69) is 152 Å². The first-order valence-electron chi connectivity index (χ1n) is 17.8. The predicted molar refractivity (Wildman–Crippen MR) is 215 cm³/mol.